The first-order valence-corrected chi connectivity index (χ1v) is 22.5. The Balaban J connectivity index is 0.000000151. The van der Waals surface area contributed by atoms with E-state index in [-0.39, 0.29) is 31.6 Å². The molecule has 0 saturated heterocycles. The van der Waals surface area contributed by atoms with Gasteiger partial charge < -0.3 is 33.7 Å². The fraction of sp³-hybridized carbons (Fsp3) is 0.0656. The number of nitrogens with zero attached hydrogens (tertiary/aromatic N) is 4. The third-order valence-electron chi connectivity index (χ3n) is 12.1. The standard InChI is InChI=1S/2C28H19N2O.C5H8O2.Ir/c2*1-31-22-13-11-21(12-14-22)30-26-9-5-4-8-24(26)25-18-20(10-15-27(25)30)28-23-7-3-2-6-19(23)16-17-29-28;1-4(6)3-5(2)7;/h2*2-9,11-18H,1H3;3,6H,1-2H3;/q2*-1;;/b;;4-3-;. The number of aromatic nitrogens is 4. The number of hydrogen-bond acceptors (Lipinski definition) is 6. The van der Waals surface area contributed by atoms with Crippen molar-refractivity contribution in [2.45, 2.75) is 13.8 Å². The van der Waals surface area contributed by atoms with E-state index >= 15 is 0 Å². The Labute approximate surface area is 419 Å². The number of aliphatic hydroxyl groups excluding tert-OH is 1. The molecule has 0 saturated carbocycles. The van der Waals surface area contributed by atoms with E-state index in [4.69, 9.17) is 24.5 Å². The maximum absolute atomic E-state index is 10.0. The van der Waals surface area contributed by atoms with Crippen LogP contribution < -0.4 is 9.47 Å². The molecule has 9 heteroatoms. The largest absolute Gasteiger partial charge is 0.512 e. The Hall–Kier alpha value is -8.36. The van der Waals surface area contributed by atoms with Gasteiger partial charge in [-0.05, 0) is 141 Å². The number of carbonyl (C=O) groups is 1. The Morgan fingerprint density at radius 3 is 1.26 bits per heavy atom. The number of benzene rings is 8. The minimum absolute atomic E-state index is 0. The van der Waals surface area contributed by atoms with Crippen LogP contribution in [0, 0.1) is 12.1 Å². The van der Waals surface area contributed by atoms with Crippen molar-refractivity contribution in [2.75, 3.05) is 14.2 Å². The van der Waals surface area contributed by atoms with Crippen molar-refractivity contribution < 1.29 is 39.5 Å². The number of fused-ring (bicyclic) bond motifs is 8. The second-order valence-electron chi connectivity index (χ2n) is 16.6. The van der Waals surface area contributed by atoms with E-state index in [0.29, 0.717) is 0 Å². The average molecular weight is 1090 g/mol. The van der Waals surface area contributed by atoms with Gasteiger partial charge in [-0.1, -0.05) is 95.7 Å². The summed E-state index contributed by atoms with van der Waals surface area (Å²) in [6, 6.07) is 69.8. The fourth-order valence-electron chi connectivity index (χ4n) is 9.08. The molecule has 8 nitrogen and oxygen atoms in total. The number of hydrogen-bond donors (Lipinski definition) is 1. The average Bonchev–Trinajstić information content (AvgIpc) is 3.90. The van der Waals surface area contributed by atoms with Crippen LogP contribution in [0.15, 0.2) is 206 Å². The van der Waals surface area contributed by atoms with E-state index in [0.717, 1.165) is 67.2 Å². The number of ketones is 1. The molecule has 70 heavy (non-hydrogen) atoms. The van der Waals surface area contributed by atoms with Crippen LogP contribution in [0.4, 0.5) is 0 Å². The van der Waals surface area contributed by atoms with Gasteiger partial charge >= 0.3 is 0 Å². The van der Waals surface area contributed by atoms with Crippen molar-refractivity contribution in [2.24, 2.45) is 0 Å². The van der Waals surface area contributed by atoms with Crippen molar-refractivity contribution in [3.05, 3.63) is 218 Å². The maximum Gasteiger partial charge on any atom is 0.155 e. The van der Waals surface area contributed by atoms with E-state index in [1.54, 1.807) is 14.2 Å². The molecule has 8 aromatic carbocycles. The van der Waals surface area contributed by atoms with Gasteiger partial charge in [0.1, 0.15) is 11.5 Å². The molecule has 0 spiro atoms. The zero-order valence-electron chi connectivity index (χ0n) is 38.8. The predicted octanol–water partition coefficient (Wildman–Crippen LogP) is 14.7. The minimum atomic E-state index is -0.125. The fourth-order valence-corrected chi connectivity index (χ4v) is 9.08. The summed E-state index contributed by atoms with van der Waals surface area (Å²) in [5.74, 6) is 1.63. The summed E-state index contributed by atoms with van der Waals surface area (Å²) in [6.07, 6.45) is 4.91. The predicted molar refractivity (Wildman–Crippen MR) is 281 cm³/mol. The number of para-hydroxylation sites is 2. The SMILES string of the molecule is CC(=O)/C=C(/C)O.COc1ccc(-n2c3c[c-]c(-c4nccc5ccccc45)cc3c3ccccc32)cc1.COc1ccc(-n2c3c[c-]c(-c4nccc5ccccc45)cc3c3ccccc32)cc1.[Ir]. The van der Waals surface area contributed by atoms with Gasteiger partial charge in [0, 0.05) is 61.0 Å². The van der Waals surface area contributed by atoms with E-state index in [1.807, 2.05) is 48.8 Å². The van der Waals surface area contributed by atoms with E-state index < -0.39 is 0 Å². The Kier molecular flexibility index (Phi) is 13.7. The molecule has 0 unspecified atom stereocenters. The Morgan fingerprint density at radius 1 is 0.500 bits per heavy atom. The summed E-state index contributed by atoms with van der Waals surface area (Å²) in [5.41, 5.74) is 10.7. The number of pyridine rings is 2. The second-order valence-corrected chi connectivity index (χ2v) is 16.6. The van der Waals surface area contributed by atoms with Gasteiger partial charge in [-0.15, -0.1) is 47.5 Å². The van der Waals surface area contributed by atoms with Crippen LogP contribution in [0.5, 0.6) is 11.5 Å². The quantitative estimate of drug-likeness (QED) is 0.0971. The Bertz CT molecular complexity index is 3620. The first-order chi connectivity index (χ1) is 33.8. The number of methoxy groups -OCH3 is 2. The molecule has 4 aromatic heterocycles. The Morgan fingerprint density at radius 2 is 0.886 bits per heavy atom. The summed E-state index contributed by atoms with van der Waals surface area (Å²) in [7, 11) is 3.38. The van der Waals surface area contributed by atoms with Crippen molar-refractivity contribution in [1.29, 1.82) is 0 Å². The number of ether oxygens (including phenoxy) is 2. The first-order valence-electron chi connectivity index (χ1n) is 22.5. The smallest absolute Gasteiger partial charge is 0.155 e. The molecule has 0 aliphatic rings. The molecule has 12 rings (SSSR count). The molecule has 1 N–H and O–H groups in total. The van der Waals surface area contributed by atoms with Crippen molar-refractivity contribution in [3.63, 3.8) is 0 Å². The van der Waals surface area contributed by atoms with Gasteiger partial charge in [-0.2, -0.15) is 0 Å². The van der Waals surface area contributed by atoms with Gasteiger partial charge in [0.05, 0.1) is 20.0 Å². The van der Waals surface area contributed by atoms with E-state index in [1.165, 1.54) is 63.3 Å². The van der Waals surface area contributed by atoms with Crippen molar-refractivity contribution in [3.8, 4) is 45.4 Å². The molecule has 0 bridgehead atoms. The molecule has 345 valence electrons. The third kappa shape index (κ3) is 9.16. The van der Waals surface area contributed by atoms with Crippen molar-refractivity contribution >= 4 is 70.9 Å². The van der Waals surface area contributed by atoms with Gasteiger partial charge in [0.15, 0.2) is 5.78 Å². The normalized spacial score (nSPS) is 11.2. The summed E-state index contributed by atoms with van der Waals surface area (Å²) in [4.78, 5) is 19.4. The molecule has 4 heterocycles. The van der Waals surface area contributed by atoms with Crippen LogP contribution in [0.3, 0.4) is 0 Å². The number of rotatable bonds is 7. The molecule has 0 aliphatic heterocycles. The van der Waals surface area contributed by atoms with Gasteiger partial charge in [-0.3, -0.25) is 4.79 Å². The topological polar surface area (TPSA) is 91.4 Å². The maximum atomic E-state index is 10.0. The zero-order valence-corrected chi connectivity index (χ0v) is 41.2. The molecule has 12 aromatic rings. The van der Waals surface area contributed by atoms with Crippen LogP contribution in [0.2, 0.25) is 0 Å². The molecule has 0 fully saturated rings. The summed E-state index contributed by atoms with van der Waals surface area (Å²) in [6.45, 7) is 2.85. The summed E-state index contributed by atoms with van der Waals surface area (Å²) >= 11 is 0. The number of aliphatic hydroxyl groups is 1. The summed E-state index contributed by atoms with van der Waals surface area (Å²) in [5, 5.41) is 17.8. The molecular formula is C61H46IrN4O4-2. The van der Waals surface area contributed by atoms with Gasteiger partial charge in [-0.25, -0.2) is 0 Å². The zero-order chi connectivity index (χ0) is 47.4. The van der Waals surface area contributed by atoms with Crippen LogP contribution in [-0.2, 0) is 24.9 Å². The number of carbonyl (C=O) groups excluding carboxylic acids is 1. The summed E-state index contributed by atoms with van der Waals surface area (Å²) < 4.78 is 15.2. The second kappa shape index (κ2) is 20.5. The number of allylic oxidation sites excluding steroid dienone is 2. The van der Waals surface area contributed by atoms with Crippen LogP contribution >= 0.6 is 0 Å². The van der Waals surface area contributed by atoms with Crippen molar-refractivity contribution in [1.82, 2.24) is 19.1 Å². The van der Waals surface area contributed by atoms with Gasteiger partial charge in [0.2, 0.25) is 0 Å². The monoisotopic (exact) mass is 1090 g/mol. The molecule has 0 atom stereocenters. The van der Waals surface area contributed by atoms with Crippen LogP contribution in [0.25, 0.3) is 99.0 Å². The van der Waals surface area contributed by atoms with Gasteiger partial charge in [0.25, 0.3) is 0 Å². The van der Waals surface area contributed by atoms with E-state index in [2.05, 4.69) is 167 Å². The molecule has 0 aliphatic carbocycles. The molecular weight excluding hydrogens is 1040 g/mol. The van der Waals surface area contributed by atoms with Crippen LogP contribution in [-0.4, -0.2) is 44.2 Å². The molecule has 1 radical (unpaired) electrons. The first kappa shape index (κ1) is 46.7. The molecule has 0 amide bonds. The van der Waals surface area contributed by atoms with E-state index in [9.17, 15) is 4.79 Å². The van der Waals surface area contributed by atoms with Crippen LogP contribution in [0.1, 0.15) is 13.8 Å². The third-order valence-corrected chi connectivity index (χ3v) is 12.1. The minimum Gasteiger partial charge on any atom is -0.512 e.